The Morgan fingerprint density at radius 2 is 2.10 bits per heavy atom. The van der Waals surface area contributed by atoms with Crippen molar-refractivity contribution in [2.45, 2.75) is 63.4 Å². The molecule has 1 heterocycles. The van der Waals surface area contributed by atoms with Gasteiger partial charge in [-0.25, -0.2) is 8.42 Å². The van der Waals surface area contributed by atoms with Crippen molar-refractivity contribution >= 4 is 15.8 Å². The van der Waals surface area contributed by atoms with Gasteiger partial charge in [0.1, 0.15) is 4.90 Å². The number of nitrogen functional groups attached to an aromatic ring is 1. The number of sulfonamides is 1. The van der Waals surface area contributed by atoms with Crippen molar-refractivity contribution in [2.75, 3.05) is 12.8 Å². The highest BCUT2D eigenvalue weighted by molar-refractivity contribution is 7.89. The molecule has 0 spiro atoms. The number of nitrogens with zero attached hydrogens (tertiary/aromatic N) is 3. The van der Waals surface area contributed by atoms with Crippen LogP contribution in [0, 0.1) is 5.92 Å². The summed E-state index contributed by atoms with van der Waals surface area (Å²) in [7, 11) is -1.91. The zero-order valence-electron chi connectivity index (χ0n) is 13.1. The van der Waals surface area contributed by atoms with Gasteiger partial charge in [-0.3, -0.25) is 4.68 Å². The molecule has 7 heteroatoms. The molecule has 1 aliphatic rings. The third kappa shape index (κ3) is 3.23. The van der Waals surface area contributed by atoms with E-state index in [9.17, 15) is 8.42 Å². The Morgan fingerprint density at radius 1 is 1.43 bits per heavy atom. The van der Waals surface area contributed by atoms with Gasteiger partial charge in [0.25, 0.3) is 0 Å². The second kappa shape index (κ2) is 6.36. The Hall–Kier alpha value is -1.08. The molecule has 0 radical (unpaired) electrons. The van der Waals surface area contributed by atoms with Crippen LogP contribution in [0.25, 0.3) is 0 Å². The summed E-state index contributed by atoms with van der Waals surface area (Å²) in [6.07, 6.45) is 6.70. The van der Waals surface area contributed by atoms with Crippen LogP contribution in [0.3, 0.4) is 0 Å². The van der Waals surface area contributed by atoms with Gasteiger partial charge < -0.3 is 5.73 Å². The lowest BCUT2D eigenvalue weighted by Gasteiger charge is -2.35. The molecule has 120 valence electrons. The van der Waals surface area contributed by atoms with Gasteiger partial charge >= 0.3 is 0 Å². The third-order valence-corrected chi connectivity index (χ3v) is 6.30. The molecule has 0 saturated heterocycles. The fraction of sp³-hybridized carbons (Fsp3) is 0.786. The zero-order chi connectivity index (χ0) is 15.6. The van der Waals surface area contributed by atoms with Crippen molar-refractivity contribution in [3.63, 3.8) is 0 Å². The van der Waals surface area contributed by atoms with Gasteiger partial charge in [-0.1, -0.05) is 26.7 Å². The fourth-order valence-electron chi connectivity index (χ4n) is 3.13. The highest BCUT2D eigenvalue weighted by Gasteiger charge is 2.35. The lowest BCUT2D eigenvalue weighted by atomic mass is 9.86. The van der Waals surface area contributed by atoms with E-state index in [1.165, 1.54) is 10.7 Å². The van der Waals surface area contributed by atoms with Crippen LogP contribution in [-0.4, -0.2) is 35.6 Å². The van der Waals surface area contributed by atoms with Gasteiger partial charge in [0, 0.05) is 25.8 Å². The normalized spacial score (nSPS) is 23.6. The lowest BCUT2D eigenvalue weighted by molar-refractivity contribution is 0.213. The summed E-state index contributed by atoms with van der Waals surface area (Å²) in [5.41, 5.74) is 5.82. The summed E-state index contributed by atoms with van der Waals surface area (Å²) in [4.78, 5) is 0.135. The van der Waals surface area contributed by atoms with E-state index < -0.39 is 10.0 Å². The first-order valence-electron chi connectivity index (χ1n) is 7.69. The quantitative estimate of drug-likeness (QED) is 0.902. The molecule has 1 aliphatic carbocycles. The molecular formula is C14H26N4O2S. The first kappa shape index (κ1) is 16.3. The molecular weight excluding hydrogens is 288 g/mol. The Bertz CT molecular complexity index is 582. The first-order chi connectivity index (χ1) is 9.87. The molecule has 2 atom stereocenters. The maximum absolute atomic E-state index is 12.8. The molecule has 0 amide bonds. The number of hydrogen-bond donors (Lipinski definition) is 1. The van der Waals surface area contributed by atoms with Gasteiger partial charge in [-0.2, -0.15) is 9.40 Å². The van der Waals surface area contributed by atoms with E-state index in [2.05, 4.69) is 12.0 Å². The SMILES string of the molecule is CCCn1cc(S(=O)(=O)N(C)C2CCCCC2C)c(N)n1. The largest absolute Gasteiger partial charge is 0.381 e. The Morgan fingerprint density at radius 3 is 2.71 bits per heavy atom. The number of aromatic nitrogens is 2. The van der Waals surface area contributed by atoms with Gasteiger partial charge in [0.05, 0.1) is 0 Å². The molecule has 1 fully saturated rings. The maximum atomic E-state index is 12.8. The highest BCUT2D eigenvalue weighted by atomic mass is 32.2. The number of rotatable bonds is 5. The molecule has 21 heavy (non-hydrogen) atoms. The zero-order valence-corrected chi connectivity index (χ0v) is 13.9. The topological polar surface area (TPSA) is 81.2 Å². The molecule has 6 nitrogen and oxygen atoms in total. The van der Waals surface area contributed by atoms with Gasteiger partial charge in [0.2, 0.25) is 10.0 Å². The Labute approximate surface area is 127 Å². The number of anilines is 1. The first-order valence-corrected chi connectivity index (χ1v) is 9.13. The predicted octanol–water partition coefficient (Wildman–Crippen LogP) is 2.07. The third-order valence-electron chi connectivity index (χ3n) is 4.40. The number of hydrogen-bond acceptors (Lipinski definition) is 4. The molecule has 0 aromatic carbocycles. The maximum Gasteiger partial charge on any atom is 0.248 e. The van der Waals surface area contributed by atoms with E-state index in [-0.39, 0.29) is 16.8 Å². The fourth-order valence-corrected chi connectivity index (χ4v) is 4.67. The van der Waals surface area contributed by atoms with Crippen LogP contribution in [0.2, 0.25) is 0 Å². The summed E-state index contributed by atoms with van der Waals surface area (Å²) >= 11 is 0. The Balaban J connectivity index is 2.28. The van der Waals surface area contributed by atoms with Gasteiger partial charge in [-0.05, 0) is 25.2 Å². The molecule has 1 aromatic heterocycles. The molecule has 0 bridgehead atoms. The minimum atomic E-state index is -3.57. The van der Waals surface area contributed by atoms with Gasteiger partial charge in [-0.15, -0.1) is 0 Å². The summed E-state index contributed by atoms with van der Waals surface area (Å²) in [6, 6.07) is 0.0534. The summed E-state index contributed by atoms with van der Waals surface area (Å²) < 4.78 is 28.7. The van der Waals surface area contributed by atoms with Crippen molar-refractivity contribution in [2.24, 2.45) is 5.92 Å². The molecule has 2 rings (SSSR count). The van der Waals surface area contributed by atoms with Crippen molar-refractivity contribution < 1.29 is 8.42 Å². The summed E-state index contributed by atoms with van der Waals surface area (Å²) in [6.45, 7) is 4.81. The van der Waals surface area contributed by atoms with Crippen molar-refractivity contribution in [3.8, 4) is 0 Å². The van der Waals surface area contributed by atoms with Crippen LogP contribution in [-0.2, 0) is 16.6 Å². The average Bonchev–Trinajstić information content (AvgIpc) is 2.80. The lowest BCUT2D eigenvalue weighted by Crippen LogP contribution is -2.42. The average molecular weight is 314 g/mol. The van der Waals surface area contributed by atoms with Crippen molar-refractivity contribution in [1.82, 2.24) is 14.1 Å². The second-order valence-electron chi connectivity index (χ2n) is 5.99. The van der Waals surface area contributed by atoms with E-state index >= 15 is 0 Å². The van der Waals surface area contributed by atoms with Crippen LogP contribution >= 0.6 is 0 Å². The minimum Gasteiger partial charge on any atom is -0.381 e. The predicted molar refractivity (Wildman–Crippen MR) is 83.3 cm³/mol. The standard InChI is InChI=1S/C14H26N4O2S/c1-4-9-18-10-13(14(15)16-18)21(19,20)17(3)12-8-6-5-7-11(12)2/h10-12H,4-9H2,1-3H3,(H2,15,16). The minimum absolute atomic E-state index is 0.0534. The smallest absolute Gasteiger partial charge is 0.248 e. The number of aryl methyl sites for hydroxylation is 1. The second-order valence-corrected chi connectivity index (χ2v) is 7.96. The van der Waals surface area contributed by atoms with Crippen molar-refractivity contribution in [3.05, 3.63) is 6.20 Å². The van der Waals surface area contributed by atoms with E-state index in [0.29, 0.717) is 12.5 Å². The summed E-state index contributed by atoms with van der Waals surface area (Å²) in [5, 5.41) is 4.10. The highest BCUT2D eigenvalue weighted by Crippen LogP contribution is 2.31. The van der Waals surface area contributed by atoms with Crippen LogP contribution in [0.4, 0.5) is 5.82 Å². The molecule has 2 N–H and O–H groups in total. The monoisotopic (exact) mass is 314 g/mol. The van der Waals surface area contributed by atoms with Crippen LogP contribution < -0.4 is 5.73 Å². The van der Waals surface area contributed by atoms with E-state index in [1.807, 2.05) is 6.92 Å². The molecule has 0 aliphatic heterocycles. The Kier molecular flexibility index (Phi) is 4.93. The van der Waals surface area contributed by atoms with Gasteiger partial charge in [0.15, 0.2) is 5.82 Å². The van der Waals surface area contributed by atoms with Crippen molar-refractivity contribution in [1.29, 1.82) is 0 Å². The molecule has 2 unspecified atom stereocenters. The summed E-state index contributed by atoms with van der Waals surface area (Å²) in [5.74, 6) is 0.476. The van der Waals surface area contributed by atoms with Crippen LogP contribution in [0.15, 0.2) is 11.1 Å². The molecule has 1 saturated carbocycles. The van der Waals surface area contributed by atoms with Crippen LogP contribution in [0.5, 0.6) is 0 Å². The van der Waals surface area contributed by atoms with E-state index in [1.54, 1.807) is 17.9 Å². The van der Waals surface area contributed by atoms with Crippen LogP contribution in [0.1, 0.15) is 46.0 Å². The molecule has 1 aromatic rings. The number of nitrogens with two attached hydrogens (primary N) is 1. The van der Waals surface area contributed by atoms with E-state index in [4.69, 9.17) is 5.73 Å². The van der Waals surface area contributed by atoms with E-state index in [0.717, 1.165) is 25.7 Å².